The molecule has 0 aliphatic carbocycles. The Morgan fingerprint density at radius 1 is 1.12 bits per heavy atom. The van der Waals surface area contributed by atoms with E-state index >= 15 is 0 Å². The summed E-state index contributed by atoms with van der Waals surface area (Å²) in [5.74, 6) is 0.481. The Balaban J connectivity index is 1.54. The topological polar surface area (TPSA) is 47.4 Å². The molecule has 0 saturated carbocycles. The maximum Gasteiger partial charge on any atom is 0.276 e. The Bertz CT molecular complexity index is 922. The van der Waals surface area contributed by atoms with Gasteiger partial charge < -0.3 is 9.64 Å². The van der Waals surface area contributed by atoms with Crippen molar-refractivity contribution in [2.75, 3.05) is 11.4 Å². The normalized spacial score (nSPS) is 12.9. The van der Waals surface area contributed by atoms with Crippen molar-refractivity contribution >= 4 is 23.2 Å². The summed E-state index contributed by atoms with van der Waals surface area (Å²) in [5.41, 5.74) is 2.64. The van der Waals surface area contributed by atoms with Gasteiger partial charge in [-0.3, -0.25) is 4.79 Å². The molecule has 126 valence electrons. The second-order valence-electron chi connectivity index (χ2n) is 5.76. The Hall–Kier alpha value is -2.79. The highest BCUT2D eigenvalue weighted by Crippen LogP contribution is 2.29. The van der Waals surface area contributed by atoms with Crippen LogP contribution in [-0.4, -0.2) is 22.2 Å². The van der Waals surface area contributed by atoms with Crippen LogP contribution in [0.1, 0.15) is 16.1 Å². The third-order valence-corrected chi connectivity index (χ3v) is 4.56. The molecular weight excluding hydrogens is 338 g/mol. The molecule has 0 radical (unpaired) electrons. The maximum absolute atomic E-state index is 13.0. The fourth-order valence-corrected chi connectivity index (χ4v) is 3.19. The number of hydrogen-bond donors (Lipinski definition) is 0. The Labute approximate surface area is 150 Å². The predicted molar refractivity (Wildman–Crippen MR) is 96.1 cm³/mol. The number of para-hydroxylation sites is 2. The van der Waals surface area contributed by atoms with Crippen LogP contribution in [0, 0.1) is 0 Å². The van der Waals surface area contributed by atoms with Crippen molar-refractivity contribution < 1.29 is 9.53 Å². The first-order chi connectivity index (χ1) is 12.2. The van der Waals surface area contributed by atoms with E-state index in [0.29, 0.717) is 23.0 Å². The van der Waals surface area contributed by atoms with Crippen molar-refractivity contribution in [3.05, 3.63) is 77.1 Å². The number of ether oxygens (including phenoxy) is 1. The predicted octanol–water partition coefficient (Wildman–Crippen LogP) is 3.78. The van der Waals surface area contributed by atoms with Crippen LogP contribution in [0.4, 0.5) is 5.69 Å². The summed E-state index contributed by atoms with van der Waals surface area (Å²) in [6.45, 7) is 0.794. The monoisotopic (exact) mass is 353 g/mol. The van der Waals surface area contributed by atoms with Crippen molar-refractivity contribution in [1.29, 1.82) is 0 Å². The Morgan fingerprint density at radius 3 is 2.80 bits per heavy atom. The van der Waals surface area contributed by atoms with Crippen LogP contribution < -0.4 is 9.64 Å². The lowest BCUT2D eigenvalue weighted by atomic mass is 10.2. The van der Waals surface area contributed by atoms with E-state index in [4.69, 9.17) is 16.3 Å². The van der Waals surface area contributed by atoms with Gasteiger partial charge in [-0.2, -0.15) is 5.10 Å². The zero-order chi connectivity index (χ0) is 17.2. The van der Waals surface area contributed by atoms with Gasteiger partial charge in [-0.05, 0) is 36.2 Å². The Morgan fingerprint density at radius 2 is 1.92 bits per heavy atom. The number of anilines is 1. The third kappa shape index (κ3) is 2.98. The first-order valence-electron chi connectivity index (χ1n) is 8.03. The molecule has 0 unspecified atom stereocenters. The lowest BCUT2D eigenvalue weighted by Gasteiger charge is -2.18. The Kier molecular flexibility index (Phi) is 4.15. The zero-order valence-electron chi connectivity index (χ0n) is 13.4. The molecule has 1 amide bonds. The largest absolute Gasteiger partial charge is 0.470 e. The molecule has 25 heavy (non-hydrogen) atoms. The number of aromatic nitrogens is 2. The summed E-state index contributed by atoms with van der Waals surface area (Å²) < 4.78 is 7.25. The minimum Gasteiger partial charge on any atom is -0.470 e. The minimum atomic E-state index is -0.0785. The summed E-state index contributed by atoms with van der Waals surface area (Å²) in [7, 11) is 0. The average Bonchev–Trinajstić information content (AvgIpc) is 3.27. The number of carbonyl (C=O) groups excluding carboxylic acids is 1. The highest BCUT2D eigenvalue weighted by Gasteiger charge is 2.27. The minimum absolute atomic E-state index is 0.0785. The number of fused-ring (bicyclic) bond motifs is 1. The van der Waals surface area contributed by atoms with Crippen LogP contribution in [0.2, 0.25) is 5.02 Å². The van der Waals surface area contributed by atoms with Crippen LogP contribution in [0.5, 0.6) is 5.75 Å². The van der Waals surface area contributed by atoms with Crippen LogP contribution in [0.3, 0.4) is 0 Å². The van der Waals surface area contributed by atoms with Gasteiger partial charge >= 0.3 is 0 Å². The maximum atomic E-state index is 13.0. The summed E-state index contributed by atoms with van der Waals surface area (Å²) in [6.07, 6.45) is 2.47. The second-order valence-corrected chi connectivity index (χ2v) is 6.16. The van der Waals surface area contributed by atoms with Gasteiger partial charge in [-0.25, -0.2) is 4.68 Å². The van der Waals surface area contributed by atoms with E-state index in [1.54, 1.807) is 34.0 Å². The number of rotatable bonds is 4. The van der Waals surface area contributed by atoms with Gasteiger partial charge in [0.2, 0.25) is 0 Å². The van der Waals surface area contributed by atoms with E-state index in [1.807, 2.05) is 30.3 Å². The quantitative estimate of drug-likeness (QED) is 0.717. The highest BCUT2D eigenvalue weighted by atomic mass is 35.5. The molecular formula is C19H16ClN3O2. The molecule has 6 heteroatoms. The SMILES string of the molecule is O=C(c1ccnn1COc1ccccc1Cl)N1CCc2ccccc21. The first-order valence-corrected chi connectivity index (χ1v) is 8.41. The number of amides is 1. The van der Waals surface area contributed by atoms with Gasteiger partial charge in [-0.1, -0.05) is 41.9 Å². The van der Waals surface area contributed by atoms with E-state index in [-0.39, 0.29) is 12.6 Å². The highest BCUT2D eigenvalue weighted by molar-refractivity contribution is 6.32. The molecule has 0 saturated heterocycles. The van der Waals surface area contributed by atoms with Gasteiger partial charge in [0.25, 0.3) is 5.91 Å². The van der Waals surface area contributed by atoms with Crippen molar-refractivity contribution in [3.8, 4) is 5.75 Å². The van der Waals surface area contributed by atoms with Crippen LogP contribution in [-0.2, 0) is 13.2 Å². The van der Waals surface area contributed by atoms with E-state index in [0.717, 1.165) is 12.1 Å². The molecule has 3 aromatic rings. The van der Waals surface area contributed by atoms with Gasteiger partial charge in [0.1, 0.15) is 11.4 Å². The molecule has 0 atom stereocenters. The van der Waals surface area contributed by atoms with Crippen molar-refractivity contribution in [3.63, 3.8) is 0 Å². The number of nitrogens with zero attached hydrogens (tertiary/aromatic N) is 3. The summed E-state index contributed by atoms with van der Waals surface area (Å²) >= 11 is 6.10. The van der Waals surface area contributed by atoms with Crippen LogP contribution in [0.15, 0.2) is 60.8 Å². The first kappa shape index (κ1) is 15.7. The van der Waals surface area contributed by atoms with Crippen molar-refractivity contribution in [1.82, 2.24) is 9.78 Å². The molecule has 2 heterocycles. The van der Waals surface area contributed by atoms with Gasteiger partial charge in [0, 0.05) is 18.4 Å². The molecule has 0 bridgehead atoms. The summed E-state index contributed by atoms with van der Waals surface area (Å²) in [5, 5.41) is 4.73. The molecule has 0 spiro atoms. The molecule has 1 aliphatic rings. The zero-order valence-corrected chi connectivity index (χ0v) is 14.2. The number of benzene rings is 2. The standard InChI is InChI=1S/C19H16ClN3O2/c20-15-6-2-4-8-18(15)25-13-23-17(9-11-21-23)19(24)22-12-10-14-5-1-3-7-16(14)22/h1-9,11H,10,12-13H2. The molecule has 4 rings (SSSR count). The lowest BCUT2D eigenvalue weighted by molar-refractivity contribution is 0.0968. The summed E-state index contributed by atoms with van der Waals surface area (Å²) in [6, 6.07) is 16.9. The van der Waals surface area contributed by atoms with Crippen molar-refractivity contribution in [2.45, 2.75) is 13.2 Å². The molecule has 1 aliphatic heterocycles. The molecule has 1 aromatic heterocycles. The van der Waals surface area contributed by atoms with Gasteiger partial charge in [0.05, 0.1) is 5.02 Å². The lowest BCUT2D eigenvalue weighted by Crippen LogP contribution is -2.31. The number of halogens is 1. The van der Waals surface area contributed by atoms with E-state index < -0.39 is 0 Å². The van der Waals surface area contributed by atoms with Crippen molar-refractivity contribution in [2.24, 2.45) is 0 Å². The summed E-state index contributed by atoms with van der Waals surface area (Å²) in [4.78, 5) is 14.7. The fraction of sp³-hybridized carbons (Fsp3) is 0.158. The third-order valence-electron chi connectivity index (χ3n) is 4.25. The second kappa shape index (κ2) is 6.61. The number of hydrogen-bond acceptors (Lipinski definition) is 3. The smallest absolute Gasteiger partial charge is 0.276 e. The van der Waals surface area contributed by atoms with Gasteiger partial charge in [0.15, 0.2) is 6.73 Å². The molecule has 2 aromatic carbocycles. The molecule has 0 N–H and O–H groups in total. The number of carbonyl (C=O) groups is 1. The average molecular weight is 354 g/mol. The van der Waals surface area contributed by atoms with Crippen LogP contribution >= 0.6 is 11.6 Å². The molecule has 0 fully saturated rings. The van der Waals surface area contributed by atoms with E-state index in [9.17, 15) is 4.79 Å². The fourth-order valence-electron chi connectivity index (χ4n) is 3.00. The van der Waals surface area contributed by atoms with E-state index in [1.165, 1.54) is 5.56 Å². The van der Waals surface area contributed by atoms with E-state index in [2.05, 4.69) is 11.2 Å². The molecule has 5 nitrogen and oxygen atoms in total. The van der Waals surface area contributed by atoms with Gasteiger partial charge in [-0.15, -0.1) is 0 Å². The van der Waals surface area contributed by atoms with Crippen LogP contribution in [0.25, 0.3) is 0 Å².